The third-order valence-corrected chi connectivity index (χ3v) is 5.89. The number of nitrogens with zero attached hydrogens (tertiary/aromatic N) is 2. The maximum Gasteiger partial charge on any atom is 0.242 e. The van der Waals surface area contributed by atoms with Crippen molar-refractivity contribution in [2.45, 2.75) is 53.6 Å². The summed E-state index contributed by atoms with van der Waals surface area (Å²) in [6, 6.07) is 15.1. The minimum Gasteiger partial charge on any atom is -0.464 e. The SMILES string of the molecule is CCC(=O)N(CCC(C)C)CC(=O)N(Cc1ccccc1)Cc1coc2ccc(C)cc2c1=O. The maximum absolute atomic E-state index is 13.5. The number of rotatable bonds is 10. The molecule has 3 rings (SSSR count). The van der Waals surface area contributed by atoms with Crippen LogP contribution in [0.25, 0.3) is 11.0 Å². The van der Waals surface area contributed by atoms with E-state index < -0.39 is 0 Å². The summed E-state index contributed by atoms with van der Waals surface area (Å²) in [6.07, 6.45) is 2.61. The molecule has 0 radical (unpaired) electrons. The van der Waals surface area contributed by atoms with Crippen LogP contribution in [0.3, 0.4) is 0 Å². The number of carbonyl (C=O) groups excluding carboxylic acids is 2. The quantitative estimate of drug-likeness (QED) is 0.429. The molecular weight excluding hydrogens is 428 g/mol. The lowest BCUT2D eigenvalue weighted by molar-refractivity contribution is -0.141. The van der Waals surface area contributed by atoms with Crippen LogP contribution in [0, 0.1) is 12.8 Å². The number of fused-ring (bicyclic) bond motifs is 1. The molecule has 6 heteroatoms. The fourth-order valence-electron chi connectivity index (χ4n) is 3.83. The van der Waals surface area contributed by atoms with E-state index in [9.17, 15) is 14.4 Å². The van der Waals surface area contributed by atoms with E-state index in [2.05, 4.69) is 13.8 Å². The molecule has 3 aromatic rings. The van der Waals surface area contributed by atoms with E-state index in [0.717, 1.165) is 17.5 Å². The van der Waals surface area contributed by atoms with Crippen molar-refractivity contribution in [2.75, 3.05) is 13.1 Å². The zero-order chi connectivity index (χ0) is 24.7. The molecule has 180 valence electrons. The topological polar surface area (TPSA) is 70.8 Å². The first-order valence-electron chi connectivity index (χ1n) is 11.9. The van der Waals surface area contributed by atoms with E-state index in [0.29, 0.717) is 42.0 Å². The highest BCUT2D eigenvalue weighted by molar-refractivity contribution is 5.85. The minimum absolute atomic E-state index is 0.00967. The first-order valence-corrected chi connectivity index (χ1v) is 11.9. The van der Waals surface area contributed by atoms with E-state index in [-0.39, 0.29) is 30.3 Å². The number of benzene rings is 2. The van der Waals surface area contributed by atoms with Gasteiger partial charge in [-0.2, -0.15) is 0 Å². The number of hydrogen-bond donors (Lipinski definition) is 0. The van der Waals surface area contributed by atoms with Gasteiger partial charge in [-0.05, 0) is 37.0 Å². The molecule has 2 aromatic carbocycles. The summed E-state index contributed by atoms with van der Waals surface area (Å²) in [5.41, 5.74) is 2.71. The van der Waals surface area contributed by atoms with Crippen LogP contribution in [0.4, 0.5) is 0 Å². The Labute approximate surface area is 201 Å². The molecule has 0 aliphatic heterocycles. The molecule has 0 atom stereocenters. The normalized spacial score (nSPS) is 11.1. The van der Waals surface area contributed by atoms with Crippen LogP contribution in [-0.4, -0.2) is 34.7 Å². The molecule has 0 N–H and O–H groups in total. The van der Waals surface area contributed by atoms with E-state index in [1.165, 1.54) is 6.26 Å². The van der Waals surface area contributed by atoms with Crippen LogP contribution in [0.2, 0.25) is 0 Å². The molecular formula is C28H34N2O4. The molecule has 1 heterocycles. The second-order valence-corrected chi connectivity index (χ2v) is 9.18. The van der Waals surface area contributed by atoms with E-state index in [1.807, 2.05) is 49.4 Å². The van der Waals surface area contributed by atoms with Crippen molar-refractivity contribution in [1.29, 1.82) is 0 Å². The highest BCUT2D eigenvalue weighted by atomic mass is 16.3. The molecule has 34 heavy (non-hydrogen) atoms. The molecule has 0 unspecified atom stereocenters. The molecule has 2 amide bonds. The average Bonchev–Trinajstić information content (AvgIpc) is 2.83. The van der Waals surface area contributed by atoms with Crippen molar-refractivity contribution in [3.8, 4) is 0 Å². The fourth-order valence-corrected chi connectivity index (χ4v) is 3.83. The predicted octanol–water partition coefficient (Wildman–Crippen LogP) is 4.91. The summed E-state index contributed by atoms with van der Waals surface area (Å²) in [5, 5.41) is 0.504. The third-order valence-electron chi connectivity index (χ3n) is 5.89. The summed E-state index contributed by atoms with van der Waals surface area (Å²) >= 11 is 0. The standard InChI is InChI=1S/C28H34N2O4/c1-5-26(31)29(14-13-20(2)3)18-27(32)30(16-22-9-7-6-8-10-22)17-23-19-34-25-12-11-21(4)15-24(25)28(23)33/h6-12,15,19-20H,5,13-14,16-18H2,1-4H3. The van der Waals surface area contributed by atoms with Gasteiger partial charge in [0.2, 0.25) is 11.8 Å². The largest absolute Gasteiger partial charge is 0.464 e. The van der Waals surface area contributed by atoms with Gasteiger partial charge in [0.15, 0.2) is 5.43 Å². The van der Waals surface area contributed by atoms with Crippen LogP contribution >= 0.6 is 0 Å². The van der Waals surface area contributed by atoms with Crippen molar-refractivity contribution >= 4 is 22.8 Å². The van der Waals surface area contributed by atoms with Gasteiger partial charge in [0.05, 0.1) is 30.3 Å². The summed E-state index contributed by atoms with van der Waals surface area (Å²) in [5.74, 6) is 0.181. The van der Waals surface area contributed by atoms with Crippen molar-refractivity contribution in [2.24, 2.45) is 5.92 Å². The molecule has 0 saturated heterocycles. The molecule has 0 fully saturated rings. The first-order chi connectivity index (χ1) is 16.3. The molecule has 1 aromatic heterocycles. The van der Waals surface area contributed by atoms with Gasteiger partial charge in [-0.15, -0.1) is 0 Å². The highest BCUT2D eigenvalue weighted by Gasteiger charge is 2.22. The van der Waals surface area contributed by atoms with Crippen LogP contribution in [0.5, 0.6) is 0 Å². The summed E-state index contributed by atoms with van der Waals surface area (Å²) in [7, 11) is 0. The van der Waals surface area contributed by atoms with Crippen molar-refractivity contribution < 1.29 is 14.0 Å². The van der Waals surface area contributed by atoms with Gasteiger partial charge >= 0.3 is 0 Å². The lowest BCUT2D eigenvalue weighted by atomic mass is 10.1. The van der Waals surface area contributed by atoms with Crippen molar-refractivity contribution in [1.82, 2.24) is 9.80 Å². The second kappa shape index (κ2) is 11.6. The zero-order valence-electron chi connectivity index (χ0n) is 20.5. The predicted molar refractivity (Wildman–Crippen MR) is 134 cm³/mol. The molecule has 0 saturated carbocycles. The van der Waals surface area contributed by atoms with Gasteiger partial charge in [-0.25, -0.2) is 0 Å². The molecule has 0 aliphatic carbocycles. The van der Waals surface area contributed by atoms with Crippen LogP contribution in [0.1, 0.15) is 50.3 Å². The Morgan fingerprint density at radius 1 is 0.971 bits per heavy atom. The van der Waals surface area contributed by atoms with Crippen LogP contribution in [-0.2, 0) is 22.7 Å². The van der Waals surface area contributed by atoms with E-state index in [1.54, 1.807) is 22.8 Å². The monoisotopic (exact) mass is 462 g/mol. The van der Waals surface area contributed by atoms with Gasteiger partial charge < -0.3 is 14.2 Å². The smallest absolute Gasteiger partial charge is 0.242 e. The highest BCUT2D eigenvalue weighted by Crippen LogP contribution is 2.16. The number of carbonyl (C=O) groups is 2. The number of hydrogen-bond acceptors (Lipinski definition) is 4. The Morgan fingerprint density at radius 3 is 2.38 bits per heavy atom. The van der Waals surface area contributed by atoms with Crippen molar-refractivity contribution in [3.63, 3.8) is 0 Å². The van der Waals surface area contributed by atoms with Crippen molar-refractivity contribution in [3.05, 3.63) is 81.7 Å². The zero-order valence-corrected chi connectivity index (χ0v) is 20.5. The fraction of sp³-hybridized carbons (Fsp3) is 0.393. The summed E-state index contributed by atoms with van der Waals surface area (Å²) in [6.45, 7) is 8.89. The van der Waals surface area contributed by atoms with E-state index >= 15 is 0 Å². The maximum atomic E-state index is 13.5. The van der Waals surface area contributed by atoms with Crippen LogP contribution in [0.15, 0.2) is 64.0 Å². The van der Waals surface area contributed by atoms with Gasteiger partial charge in [-0.1, -0.05) is 62.7 Å². The molecule has 0 bridgehead atoms. The lowest BCUT2D eigenvalue weighted by Gasteiger charge is -2.28. The number of amides is 2. The number of aryl methyl sites for hydroxylation is 1. The summed E-state index contributed by atoms with van der Waals surface area (Å²) < 4.78 is 5.71. The second-order valence-electron chi connectivity index (χ2n) is 9.18. The third kappa shape index (κ3) is 6.56. The first kappa shape index (κ1) is 25.2. The summed E-state index contributed by atoms with van der Waals surface area (Å²) in [4.78, 5) is 42.4. The molecule has 0 aliphatic rings. The molecule has 0 spiro atoms. The lowest BCUT2D eigenvalue weighted by Crippen LogP contribution is -2.43. The van der Waals surface area contributed by atoms with E-state index in [4.69, 9.17) is 4.42 Å². The van der Waals surface area contributed by atoms with Crippen LogP contribution < -0.4 is 5.43 Å². The Morgan fingerprint density at radius 2 is 1.71 bits per heavy atom. The Bertz CT molecular complexity index is 1180. The average molecular weight is 463 g/mol. The Balaban J connectivity index is 1.89. The Kier molecular flexibility index (Phi) is 8.63. The molecule has 6 nitrogen and oxygen atoms in total. The van der Waals surface area contributed by atoms with Gasteiger partial charge in [0.1, 0.15) is 5.58 Å². The Hall–Kier alpha value is -3.41. The van der Waals surface area contributed by atoms with Gasteiger partial charge in [-0.3, -0.25) is 14.4 Å². The minimum atomic E-state index is -0.196. The van der Waals surface area contributed by atoms with Gasteiger partial charge in [0.25, 0.3) is 0 Å². The van der Waals surface area contributed by atoms with Gasteiger partial charge in [0, 0.05) is 19.5 Å².